The first-order chi connectivity index (χ1) is 7.31. The van der Waals surface area contributed by atoms with Gasteiger partial charge in [-0.1, -0.05) is 0 Å². The Kier molecular flexibility index (Phi) is 2.58. The fraction of sp³-hybridized carbons (Fsp3) is 0.0909. The molecule has 3 nitrogen and oxygen atoms in total. The lowest BCUT2D eigenvalue weighted by atomic mass is 10.1. The molecule has 0 amide bonds. The van der Waals surface area contributed by atoms with Gasteiger partial charge in [0.15, 0.2) is 0 Å². The average Bonchev–Trinajstić information content (AvgIpc) is 2.30. The lowest BCUT2D eigenvalue weighted by Gasteiger charge is -2.04. The molecular weight excluding hydrogens is 195 g/mol. The van der Waals surface area contributed by atoms with Gasteiger partial charge in [0, 0.05) is 29.6 Å². The molecule has 0 fully saturated rings. The summed E-state index contributed by atoms with van der Waals surface area (Å²) in [6.07, 6.45) is 4.54. The van der Waals surface area contributed by atoms with E-state index in [1.54, 1.807) is 24.5 Å². The molecule has 4 heteroatoms. The Labute approximate surface area is 86.6 Å². The van der Waals surface area contributed by atoms with Crippen LogP contribution in [0.2, 0.25) is 0 Å². The minimum Gasteiger partial charge on any atom is -0.497 e. The summed E-state index contributed by atoms with van der Waals surface area (Å²) in [7, 11) is 1.50. The Morgan fingerprint density at radius 1 is 1.20 bits per heavy atom. The van der Waals surface area contributed by atoms with Gasteiger partial charge in [0.05, 0.1) is 7.11 Å². The van der Waals surface area contributed by atoms with Crippen molar-refractivity contribution < 1.29 is 9.13 Å². The first-order valence-corrected chi connectivity index (χ1v) is 4.40. The van der Waals surface area contributed by atoms with E-state index in [2.05, 4.69) is 9.97 Å². The molecule has 76 valence electrons. The van der Waals surface area contributed by atoms with E-state index >= 15 is 0 Å². The summed E-state index contributed by atoms with van der Waals surface area (Å²) in [6.45, 7) is 0. The van der Waals surface area contributed by atoms with Crippen LogP contribution < -0.4 is 4.74 Å². The lowest BCUT2D eigenvalue weighted by Crippen LogP contribution is -1.89. The summed E-state index contributed by atoms with van der Waals surface area (Å²) in [5.41, 5.74) is 1.12. The summed E-state index contributed by atoms with van der Waals surface area (Å²) in [6, 6.07) is 4.68. The van der Waals surface area contributed by atoms with E-state index in [1.165, 1.54) is 19.5 Å². The number of ether oxygens (including phenoxy) is 1. The fourth-order valence-electron chi connectivity index (χ4n) is 1.30. The van der Waals surface area contributed by atoms with E-state index < -0.39 is 0 Å². The Bertz CT molecular complexity index is 459. The Balaban J connectivity index is 2.46. The van der Waals surface area contributed by atoms with Gasteiger partial charge >= 0.3 is 0 Å². The minimum absolute atomic E-state index is 0.343. The summed E-state index contributed by atoms with van der Waals surface area (Å²) in [5, 5.41) is 0. The molecule has 0 aliphatic rings. The molecular formula is C11H9FN2O. The molecule has 2 aromatic rings. The zero-order chi connectivity index (χ0) is 10.7. The molecule has 0 atom stereocenters. The van der Waals surface area contributed by atoms with Crippen LogP contribution in [0, 0.1) is 5.82 Å². The lowest BCUT2D eigenvalue weighted by molar-refractivity contribution is 0.411. The SMILES string of the molecule is COc1ccc(-c2cncnc2)c(F)c1. The van der Waals surface area contributed by atoms with Crippen molar-refractivity contribution in [2.75, 3.05) is 7.11 Å². The van der Waals surface area contributed by atoms with Gasteiger partial charge in [-0.3, -0.25) is 0 Å². The van der Waals surface area contributed by atoms with Crippen LogP contribution in [0.1, 0.15) is 0 Å². The van der Waals surface area contributed by atoms with Crippen molar-refractivity contribution in [3.05, 3.63) is 42.7 Å². The second-order valence-corrected chi connectivity index (χ2v) is 2.97. The van der Waals surface area contributed by atoms with E-state index in [0.29, 0.717) is 16.9 Å². The van der Waals surface area contributed by atoms with Crippen LogP contribution in [0.25, 0.3) is 11.1 Å². The van der Waals surface area contributed by atoms with E-state index in [1.807, 2.05) is 0 Å². The second kappa shape index (κ2) is 4.04. The van der Waals surface area contributed by atoms with Crippen molar-refractivity contribution in [2.45, 2.75) is 0 Å². The molecule has 1 aromatic carbocycles. The highest BCUT2D eigenvalue weighted by Crippen LogP contribution is 2.24. The number of nitrogens with zero attached hydrogens (tertiary/aromatic N) is 2. The van der Waals surface area contributed by atoms with E-state index in [9.17, 15) is 4.39 Å². The van der Waals surface area contributed by atoms with Crippen molar-refractivity contribution in [1.29, 1.82) is 0 Å². The molecule has 0 saturated carbocycles. The number of hydrogen-bond donors (Lipinski definition) is 0. The Morgan fingerprint density at radius 3 is 2.53 bits per heavy atom. The van der Waals surface area contributed by atoms with Crippen LogP contribution in [0.4, 0.5) is 4.39 Å². The number of aromatic nitrogens is 2. The van der Waals surface area contributed by atoms with E-state index in [4.69, 9.17) is 4.74 Å². The highest BCUT2D eigenvalue weighted by molar-refractivity contribution is 5.63. The molecule has 0 N–H and O–H groups in total. The third kappa shape index (κ3) is 1.93. The number of halogens is 1. The van der Waals surface area contributed by atoms with Crippen LogP contribution in [-0.2, 0) is 0 Å². The van der Waals surface area contributed by atoms with Gasteiger partial charge in [-0.2, -0.15) is 0 Å². The molecule has 0 spiro atoms. The monoisotopic (exact) mass is 204 g/mol. The predicted molar refractivity (Wildman–Crippen MR) is 54.0 cm³/mol. The number of methoxy groups -OCH3 is 1. The quantitative estimate of drug-likeness (QED) is 0.752. The maximum Gasteiger partial charge on any atom is 0.134 e. The van der Waals surface area contributed by atoms with E-state index in [-0.39, 0.29) is 5.82 Å². The van der Waals surface area contributed by atoms with Crippen LogP contribution in [0.3, 0.4) is 0 Å². The Morgan fingerprint density at radius 2 is 1.93 bits per heavy atom. The standard InChI is InChI=1S/C11H9FN2O/c1-15-9-2-3-10(11(12)4-9)8-5-13-7-14-6-8/h2-7H,1H3. The zero-order valence-corrected chi connectivity index (χ0v) is 8.14. The highest BCUT2D eigenvalue weighted by Gasteiger charge is 2.06. The second-order valence-electron chi connectivity index (χ2n) is 2.97. The van der Waals surface area contributed by atoms with Crippen LogP contribution in [0.15, 0.2) is 36.9 Å². The van der Waals surface area contributed by atoms with E-state index in [0.717, 1.165) is 0 Å². The van der Waals surface area contributed by atoms with Crippen molar-refractivity contribution in [2.24, 2.45) is 0 Å². The van der Waals surface area contributed by atoms with Gasteiger partial charge in [0.25, 0.3) is 0 Å². The van der Waals surface area contributed by atoms with Crippen molar-refractivity contribution in [1.82, 2.24) is 9.97 Å². The molecule has 0 aliphatic carbocycles. The smallest absolute Gasteiger partial charge is 0.134 e. The van der Waals surface area contributed by atoms with Crippen molar-refractivity contribution in [3.8, 4) is 16.9 Å². The number of benzene rings is 1. The molecule has 1 aromatic heterocycles. The summed E-state index contributed by atoms with van der Waals surface area (Å²) < 4.78 is 18.5. The molecule has 0 bridgehead atoms. The van der Waals surface area contributed by atoms with Crippen molar-refractivity contribution in [3.63, 3.8) is 0 Å². The maximum absolute atomic E-state index is 13.6. The molecule has 0 unspecified atom stereocenters. The first-order valence-electron chi connectivity index (χ1n) is 4.40. The van der Waals surface area contributed by atoms with Crippen LogP contribution in [0.5, 0.6) is 5.75 Å². The normalized spacial score (nSPS) is 10.0. The third-order valence-corrected chi connectivity index (χ3v) is 2.05. The Hall–Kier alpha value is -1.97. The average molecular weight is 204 g/mol. The number of hydrogen-bond acceptors (Lipinski definition) is 3. The molecule has 1 heterocycles. The zero-order valence-electron chi connectivity index (χ0n) is 8.14. The maximum atomic E-state index is 13.6. The highest BCUT2D eigenvalue weighted by atomic mass is 19.1. The van der Waals surface area contributed by atoms with Gasteiger partial charge in [-0.15, -0.1) is 0 Å². The molecule has 2 rings (SSSR count). The largest absolute Gasteiger partial charge is 0.497 e. The summed E-state index contributed by atoms with van der Waals surface area (Å²) in [4.78, 5) is 7.67. The van der Waals surface area contributed by atoms with Gasteiger partial charge in [-0.05, 0) is 12.1 Å². The van der Waals surface area contributed by atoms with Gasteiger partial charge in [0.1, 0.15) is 17.9 Å². The topological polar surface area (TPSA) is 35.0 Å². The van der Waals surface area contributed by atoms with Gasteiger partial charge in [-0.25, -0.2) is 14.4 Å². The third-order valence-electron chi connectivity index (χ3n) is 2.05. The summed E-state index contributed by atoms with van der Waals surface area (Å²) in [5.74, 6) is 0.150. The van der Waals surface area contributed by atoms with Crippen LogP contribution >= 0.6 is 0 Å². The molecule has 0 radical (unpaired) electrons. The van der Waals surface area contributed by atoms with Crippen molar-refractivity contribution >= 4 is 0 Å². The van der Waals surface area contributed by atoms with Crippen LogP contribution in [-0.4, -0.2) is 17.1 Å². The molecule has 0 saturated heterocycles. The predicted octanol–water partition coefficient (Wildman–Crippen LogP) is 2.29. The number of rotatable bonds is 2. The fourth-order valence-corrected chi connectivity index (χ4v) is 1.30. The van der Waals surface area contributed by atoms with Gasteiger partial charge in [0.2, 0.25) is 0 Å². The minimum atomic E-state index is -0.343. The first kappa shape index (κ1) is 9.58. The molecule has 0 aliphatic heterocycles. The van der Waals surface area contributed by atoms with Gasteiger partial charge < -0.3 is 4.74 Å². The summed E-state index contributed by atoms with van der Waals surface area (Å²) >= 11 is 0. The molecule has 15 heavy (non-hydrogen) atoms.